The summed E-state index contributed by atoms with van der Waals surface area (Å²) in [5.74, 6) is -7.34. The van der Waals surface area contributed by atoms with Crippen molar-refractivity contribution in [3.05, 3.63) is 35.8 Å². The van der Waals surface area contributed by atoms with E-state index in [1.165, 1.54) is 19.1 Å². The maximum Gasteiger partial charge on any atom is 0.399 e. The lowest BCUT2D eigenvalue weighted by molar-refractivity contribution is -0.175. The van der Waals surface area contributed by atoms with Gasteiger partial charge in [-0.25, -0.2) is 9.18 Å². The molecule has 0 saturated carbocycles. The van der Waals surface area contributed by atoms with Crippen LogP contribution in [0.25, 0.3) is 11.0 Å². The summed E-state index contributed by atoms with van der Waals surface area (Å²) in [4.78, 5) is 11.1. The third kappa shape index (κ3) is 1.94. The molecule has 2 aromatic rings. The highest BCUT2D eigenvalue weighted by molar-refractivity contribution is 5.83. The smallest absolute Gasteiger partial charge is 0.399 e. The number of esters is 1. The highest BCUT2D eigenvalue weighted by atomic mass is 19.3. The van der Waals surface area contributed by atoms with Gasteiger partial charge >= 0.3 is 11.9 Å². The zero-order valence-corrected chi connectivity index (χ0v) is 9.38. The number of ether oxygens (including phenoxy) is 1. The van der Waals surface area contributed by atoms with E-state index in [1.54, 1.807) is 0 Å². The van der Waals surface area contributed by atoms with E-state index in [0.717, 1.165) is 12.1 Å². The van der Waals surface area contributed by atoms with Crippen LogP contribution in [0.2, 0.25) is 0 Å². The molecule has 0 atom stereocenters. The quantitative estimate of drug-likeness (QED) is 0.793. The molecule has 0 amide bonds. The molecule has 0 aliphatic carbocycles. The second-order valence-electron chi connectivity index (χ2n) is 3.56. The molecule has 0 unspecified atom stereocenters. The fourth-order valence-electron chi connectivity index (χ4n) is 1.50. The van der Waals surface area contributed by atoms with E-state index in [4.69, 9.17) is 4.42 Å². The van der Waals surface area contributed by atoms with Crippen molar-refractivity contribution in [1.29, 1.82) is 0 Å². The lowest BCUT2D eigenvalue weighted by atomic mass is 10.2. The summed E-state index contributed by atoms with van der Waals surface area (Å²) in [6.45, 7) is 1.23. The van der Waals surface area contributed by atoms with Gasteiger partial charge in [0.25, 0.3) is 0 Å². The van der Waals surface area contributed by atoms with Gasteiger partial charge in [0.2, 0.25) is 0 Å². The van der Waals surface area contributed by atoms with Crippen molar-refractivity contribution in [3.63, 3.8) is 0 Å². The van der Waals surface area contributed by atoms with Gasteiger partial charge in [0.15, 0.2) is 17.2 Å². The second kappa shape index (κ2) is 4.36. The summed E-state index contributed by atoms with van der Waals surface area (Å²) in [7, 11) is 0. The molecule has 1 heterocycles. The first-order chi connectivity index (χ1) is 8.46. The molecule has 1 aromatic heterocycles. The lowest BCUT2D eigenvalue weighted by Gasteiger charge is -2.11. The van der Waals surface area contributed by atoms with E-state index in [-0.39, 0.29) is 17.6 Å². The first kappa shape index (κ1) is 12.5. The number of benzene rings is 1. The maximum absolute atomic E-state index is 13.6. The summed E-state index contributed by atoms with van der Waals surface area (Å²) >= 11 is 0. The summed E-state index contributed by atoms with van der Waals surface area (Å²) in [6.07, 6.45) is 0. The minimum absolute atomic E-state index is 0.161. The average molecular weight is 258 g/mol. The molecule has 6 heteroatoms. The van der Waals surface area contributed by atoms with Crippen molar-refractivity contribution < 1.29 is 27.1 Å². The third-order valence-electron chi connectivity index (χ3n) is 2.34. The standard InChI is InChI=1S/C12H9F3O3/c1-2-17-11(16)12(14,15)9-6-7-4-3-5-8(13)10(7)18-9/h3-6H,2H2,1H3. The van der Waals surface area contributed by atoms with Crippen LogP contribution < -0.4 is 0 Å². The Morgan fingerprint density at radius 1 is 1.44 bits per heavy atom. The Kier molecular flexibility index (Phi) is 3.02. The van der Waals surface area contributed by atoms with Gasteiger partial charge in [0.05, 0.1) is 6.61 Å². The van der Waals surface area contributed by atoms with Gasteiger partial charge in [-0.3, -0.25) is 0 Å². The molecule has 18 heavy (non-hydrogen) atoms. The Bertz CT molecular complexity index is 589. The van der Waals surface area contributed by atoms with Crippen LogP contribution in [0.5, 0.6) is 0 Å². The number of para-hydroxylation sites is 1. The van der Waals surface area contributed by atoms with Gasteiger partial charge in [-0.15, -0.1) is 0 Å². The minimum Gasteiger partial charge on any atom is -0.461 e. The van der Waals surface area contributed by atoms with Crippen LogP contribution in [0.15, 0.2) is 28.7 Å². The number of furan rings is 1. The maximum atomic E-state index is 13.6. The van der Waals surface area contributed by atoms with Crippen LogP contribution >= 0.6 is 0 Å². The molecule has 0 bridgehead atoms. The molecule has 0 fully saturated rings. The van der Waals surface area contributed by atoms with Gasteiger partial charge in [-0.05, 0) is 19.1 Å². The summed E-state index contributed by atoms with van der Waals surface area (Å²) in [6, 6.07) is 4.78. The fourth-order valence-corrected chi connectivity index (χ4v) is 1.50. The number of rotatable bonds is 3. The first-order valence-corrected chi connectivity index (χ1v) is 5.20. The van der Waals surface area contributed by atoms with Crippen LogP contribution in [-0.2, 0) is 15.5 Å². The summed E-state index contributed by atoms with van der Waals surface area (Å²) in [5, 5.41) is 0.161. The van der Waals surface area contributed by atoms with Crippen LogP contribution in [0.4, 0.5) is 13.2 Å². The Morgan fingerprint density at radius 2 is 2.17 bits per heavy atom. The molecule has 1 aromatic carbocycles. The van der Waals surface area contributed by atoms with Crippen LogP contribution in [0.3, 0.4) is 0 Å². The molecule has 96 valence electrons. The monoisotopic (exact) mass is 258 g/mol. The molecule has 0 radical (unpaired) electrons. The Hall–Kier alpha value is -1.98. The Balaban J connectivity index is 2.48. The normalized spacial score (nSPS) is 11.8. The predicted molar refractivity (Wildman–Crippen MR) is 56.7 cm³/mol. The number of alkyl halides is 2. The van der Waals surface area contributed by atoms with Crippen LogP contribution in [0, 0.1) is 5.82 Å². The Labute approximate surface area is 100 Å². The van der Waals surface area contributed by atoms with E-state index in [2.05, 4.69) is 4.74 Å². The van der Waals surface area contributed by atoms with Gasteiger partial charge in [0.1, 0.15) is 0 Å². The highest BCUT2D eigenvalue weighted by Gasteiger charge is 2.46. The first-order valence-electron chi connectivity index (χ1n) is 5.20. The van der Waals surface area contributed by atoms with Gasteiger partial charge in [0, 0.05) is 5.39 Å². The highest BCUT2D eigenvalue weighted by Crippen LogP contribution is 2.34. The number of hydrogen-bond acceptors (Lipinski definition) is 3. The van der Waals surface area contributed by atoms with E-state index in [9.17, 15) is 18.0 Å². The second-order valence-corrected chi connectivity index (χ2v) is 3.56. The fraction of sp³-hybridized carbons (Fsp3) is 0.250. The largest absolute Gasteiger partial charge is 0.461 e. The van der Waals surface area contributed by atoms with Crippen LogP contribution in [0.1, 0.15) is 12.7 Å². The van der Waals surface area contributed by atoms with E-state index >= 15 is 0 Å². The molecule has 2 rings (SSSR count). The summed E-state index contributed by atoms with van der Waals surface area (Å²) < 4.78 is 49.5. The van der Waals surface area contributed by atoms with Crippen molar-refractivity contribution in [2.24, 2.45) is 0 Å². The summed E-state index contributed by atoms with van der Waals surface area (Å²) in [5.41, 5.74) is -0.309. The van der Waals surface area contributed by atoms with Crippen molar-refractivity contribution in [3.8, 4) is 0 Å². The van der Waals surface area contributed by atoms with Crippen molar-refractivity contribution in [2.45, 2.75) is 12.8 Å². The molecule has 0 aliphatic heterocycles. The molecule has 3 nitrogen and oxygen atoms in total. The van der Waals surface area contributed by atoms with Crippen molar-refractivity contribution in [2.75, 3.05) is 6.61 Å². The van der Waals surface area contributed by atoms with E-state index in [1.807, 2.05) is 0 Å². The number of carbonyl (C=O) groups excluding carboxylic acids is 1. The van der Waals surface area contributed by atoms with Gasteiger partial charge < -0.3 is 9.15 Å². The van der Waals surface area contributed by atoms with Crippen molar-refractivity contribution >= 4 is 16.9 Å². The minimum atomic E-state index is -3.93. The molecular formula is C12H9F3O3. The SMILES string of the molecule is CCOC(=O)C(F)(F)c1cc2cccc(F)c2o1. The number of hydrogen-bond donors (Lipinski definition) is 0. The molecule has 0 N–H and O–H groups in total. The Morgan fingerprint density at radius 3 is 2.78 bits per heavy atom. The molecule has 0 aliphatic rings. The van der Waals surface area contributed by atoms with Crippen LogP contribution in [-0.4, -0.2) is 12.6 Å². The number of fused-ring (bicyclic) bond motifs is 1. The molecular weight excluding hydrogens is 249 g/mol. The van der Waals surface area contributed by atoms with E-state index < -0.39 is 23.5 Å². The zero-order chi connectivity index (χ0) is 13.3. The number of halogens is 3. The molecule has 0 saturated heterocycles. The average Bonchev–Trinajstić information content (AvgIpc) is 2.75. The van der Waals surface area contributed by atoms with Gasteiger partial charge in [-0.1, -0.05) is 12.1 Å². The predicted octanol–water partition coefficient (Wildman–Crippen LogP) is 3.23. The van der Waals surface area contributed by atoms with E-state index in [0.29, 0.717) is 0 Å². The molecule has 0 spiro atoms. The zero-order valence-electron chi connectivity index (χ0n) is 9.38. The lowest BCUT2D eigenvalue weighted by Crippen LogP contribution is -2.27. The third-order valence-corrected chi connectivity index (χ3v) is 2.34. The van der Waals surface area contributed by atoms with Gasteiger partial charge in [-0.2, -0.15) is 8.78 Å². The van der Waals surface area contributed by atoms with Crippen molar-refractivity contribution in [1.82, 2.24) is 0 Å². The topological polar surface area (TPSA) is 39.4 Å². The number of carbonyl (C=O) groups is 1.